The van der Waals surface area contributed by atoms with Gasteiger partial charge in [0.05, 0.1) is 15.8 Å². The van der Waals surface area contributed by atoms with Crippen molar-refractivity contribution in [1.82, 2.24) is 0 Å². The highest BCUT2D eigenvalue weighted by Crippen LogP contribution is 2.33. The summed E-state index contributed by atoms with van der Waals surface area (Å²) < 4.78 is 13.6. The Morgan fingerprint density at radius 2 is 2.29 bits per heavy atom. The topological polar surface area (TPSA) is 46.3 Å². The number of amides is 1. The van der Waals surface area contributed by atoms with Gasteiger partial charge >= 0.3 is 0 Å². The van der Waals surface area contributed by atoms with E-state index in [2.05, 4.69) is 28.6 Å². The number of rotatable bonds is 2. The van der Waals surface area contributed by atoms with Crippen LogP contribution in [0.4, 0.5) is 15.8 Å². The fraction of sp³-hybridized carbons (Fsp3) is 0.364. The van der Waals surface area contributed by atoms with Gasteiger partial charge in [-0.25, -0.2) is 4.39 Å². The van der Waals surface area contributed by atoms with Gasteiger partial charge in [-0.3, -0.25) is 4.79 Å². The van der Waals surface area contributed by atoms with Crippen molar-refractivity contribution < 1.29 is 9.18 Å². The molecule has 0 aromatic heterocycles. The molecular formula is C11H12BrFN2OS. The minimum absolute atomic E-state index is 0.00857. The minimum Gasteiger partial charge on any atom is -0.397 e. The van der Waals surface area contributed by atoms with Crippen LogP contribution < -0.4 is 10.6 Å². The highest BCUT2D eigenvalue weighted by atomic mass is 79.9. The van der Waals surface area contributed by atoms with Gasteiger partial charge in [0, 0.05) is 19.0 Å². The Hall–Kier alpha value is -0.750. The molecule has 1 unspecified atom stereocenters. The van der Waals surface area contributed by atoms with E-state index in [0.717, 1.165) is 0 Å². The molecule has 1 fully saturated rings. The van der Waals surface area contributed by atoms with Gasteiger partial charge < -0.3 is 10.6 Å². The average molecular weight is 319 g/mol. The summed E-state index contributed by atoms with van der Waals surface area (Å²) >= 11 is 7.29. The zero-order chi connectivity index (χ0) is 12.6. The van der Waals surface area contributed by atoms with Crippen molar-refractivity contribution in [1.29, 1.82) is 0 Å². The molecule has 1 heterocycles. The summed E-state index contributed by atoms with van der Waals surface area (Å²) in [6.45, 7) is 0.588. The molecule has 2 rings (SSSR count). The Morgan fingerprint density at radius 1 is 1.59 bits per heavy atom. The zero-order valence-electron chi connectivity index (χ0n) is 8.99. The summed E-state index contributed by atoms with van der Waals surface area (Å²) in [4.78, 5) is 13.4. The van der Waals surface area contributed by atoms with Crippen molar-refractivity contribution in [3.63, 3.8) is 0 Å². The van der Waals surface area contributed by atoms with Crippen LogP contribution in [-0.2, 0) is 4.79 Å². The summed E-state index contributed by atoms with van der Waals surface area (Å²) in [7, 11) is 0. The summed E-state index contributed by atoms with van der Waals surface area (Å²) in [5.74, 6) is 0.469. The molecule has 1 aromatic carbocycles. The number of benzene rings is 1. The smallest absolute Gasteiger partial charge is 0.227 e. The van der Waals surface area contributed by atoms with Gasteiger partial charge in [-0.05, 0) is 33.7 Å². The number of carbonyl (C=O) groups is 1. The van der Waals surface area contributed by atoms with Crippen LogP contribution in [0.25, 0.3) is 0 Å². The van der Waals surface area contributed by atoms with E-state index in [1.165, 1.54) is 6.07 Å². The SMILES string of the molecule is Nc1cc(F)c(Br)cc1N1CC(CS)CC1=O. The molecule has 0 spiro atoms. The second kappa shape index (κ2) is 4.86. The minimum atomic E-state index is -0.427. The summed E-state index contributed by atoms with van der Waals surface area (Å²) in [6, 6.07) is 2.77. The van der Waals surface area contributed by atoms with E-state index in [0.29, 0.717) is 28.9 Å². The number of nitrogens with two attached hydrogens (primary N) is 1. The monoisotopic (exact) mass is 318 g/mol. The lowest BCUT2D eigenvalue weighted by Crippen LogP contribution is -2.25. The average Bonchev–Trinajstić information content (AvgIpc) is 2.65. The highest BCUT2D eigenvalue weighted by molar-refractivity contribution is 9.10. The van der Waals surface area contributed by atoms with E-state index >= 15 is 0 Å². The molecule has 0 saturated carbocycles. The molecule has 1 saturated heterocycles. The highest BCUT2D eigenvalue weighted by Gasteiger charge is 2.31. The van der Waals surface area contributed by atoms with Gasteiger partial charge in [-0.1, -0.05) is 0 Å². The molecular weight excluding hydrogens is 307 g/mol. The number of halogens is 2. The third kappa shape index (κ3) is 2.42. The van der Waals surface area contributed by atoms with E-state index < -0.39 is 5.82 Å². The van der Waals surface area contributed by atoms with Gasteiger partial charge in [0.25, 0.3) is 0 Å². The van der Waals surface area contributed by atoms with Gasteiger partial charge in [-0.2, -0.15) is 12.6 Å². The maximum atomic E-state index is 13.2. The van der Waals surface area contributed by atoms with Crippen molar-refractivity contribution in [3.8, 4) is 0 Å². The Labute approximate surface area is 113 Å². The van der Waals surface area contributed by atoms with Crippen molar-refractivity contribution in [2.24, 2.45) is 5.92 Å². The normalized spacial score (nSPS) is 20.1. The molecule has 6 heteroatoms. The Kier molecular flexibility index (Phi) is 3.63. The molecule has 17 heavy (non-hydrogen) atoms. The third-order valence-electron chi connectivity index (χ3n) is 2.82. The first-order chi connectivity index (χ1) is 8.02. The standard InChI is InChI=1S/C11H12BrFN2OS/c12-7-2-10(9(14)3-8(7)13)15-4-6(5-17)1-11(15)16/h2-3,6,17H,1,4-5,14H2. The van der Waals surface area contributed by atoms with Crippen molar-refractivity contribution in [2.75, 3.05) is 22.9 Å². The Bertz CT molecular complexity index is 469. The molecule has 2 N–H and O–H groups in total. The molecule has 0 bridgehead atoms. The first kappa shape index (κ1) is 12.7. The third-order valence-corrected chi connectivity index (χ3v) is 3.95. The molecule has 0 radical (unpaired) electrons. The van der Waals surface area contributed by atoms with Crippen LogP contribution in [-0.4, -0.2) is 18.2 Å². The molecule has 1 atom stereocenters. The van der Waals surface area contributed by atoms with Crippen LogP contribution in [0.2, 0.25) is 0 Å². The predicted molar refractivity (Wildman–Crippen MR) is 72.8 cm³/mol. The zero-order valence-corrected chi connectivity index (χ0v) is 11.5. The number of carbonyl (C=O) groups excluding carboxylic acids is 1. The molecule has 0 aliphatic carbocycles. The quantitative estimate of drug-likeness (QED) is 0.650. The van der Waals surface area contributed by atoms with E-state index in [1.54, 1.807) is 11.0 Å². The molecule has 1 aliphatic heterocycles. The second-order valence-electron chi connectivity index (χ2n) is 4.08. The van der Waals surface area contributed by atoms with Crippen LogP contribution in [0.3, 0.4) is 0 Å². The van der Waals surface area contributed by atoms with E-state index in [4.69, 9.17) is 5.73 Å². The van der Waals surface area contributed by atoms with E-state index in [1.807, 2.05) is 0 Å². The number of nitrogens with zero attached hydrogens (tertiary/aromatic N) is 1. The summed E-state index contributed by atoms with van der Waals surface area (Å²) in [5, 5.41) is 0. The molecule has 3 nitrogen and oxygen atoms in total. The Morgan fingerprint density at radius 3 is 2.88 bits per heavy atom. The van der Waals surface area contributed by atoms with Crippen molar-refractivity contribution >= 4 is 45.8 Å². The maximum absolute atomic E-state index is 13.2. The van der Waals surface area contributed by atoms with Crippen molar-refractivity contribution in [3.05, 3.63) is 22.4 Å². The lowest BCUT2D eigenvalue weighted by Gasteiger charge is -2.19. The number of anilines is 2. The lowest BCUT2D eigenvalue weighted by molar-refractivity contribution is -0.117. The van der Waals surface area contributed by atoms with Gasteiger partial charge in [0.1, 0.15) is 5.82 Å². The number of nitrogen functional groups attached to an aromatic ring is 1. The molecule has 1 amide bonds. The summed E-state index contributed by atoms with van der Waals surface area (Å²) in [5.41, 5.74) is 6.58. The Balaban J connectivity index is 2.35. The number of hydrogen-bond acceptors (Lipinski definition) is 3. The molecule has 1 aromatic rings. The number of hydrogen-bond donors (Lipinski definition) is 2. The van der Waals surface area contributed by atoms with E-state index in [-0.39, 0.29) is 17.5 Å². The maximum Gasteiger partial charge on any atom is 0.227 e. The van der Waals surface area contributed by atoms with Gasteiger partial charge in [0.15, 0.2) is 0 Å². The predicted octanol–water partition coefficient (Wildman–Crippen LogP) is 2.45. The van der Waals surface area contributed by atoms with Gasteiger partial charge in [0.2, 0.25) is 5.91 Å². The van der Waals surface area contributed by atoms with Gasteiger partial charge in [-0.15, -0.1) is 0 Å². The van der Waals surface area contributed by atoms with Crippen LogP contribution in [0, 0.1) is 11.7 Å². The second-order valence-corrected chi connectivity index (χ2v) is 5.30. The molecule has 1 aliphatic rings. The van der Waals surface area contributed by atoms with E-state index in [9.17, 15) is 9.18 Å². The molecule has 92 valence electrons. The first-order valence-electron chi connectivity index (χ1n) is 5.18. The summed E-state index contributed by atoms with van der Waals surface area (Å²) in [6.07, 6.45) is 0.470. The number of thiol groups is 1. The van der Waals surface area contributed by atoms with Crippen molar-refractivity contribution in [2.45, 2.75) is 6.42 Å². The fourth-order valence-corrected chi connectivity index (χ4v) is 2.50. The largest absolute Gasteiger partial charge is 0.397 e. The van der Waals surface area contributed by atoms with Crippen LogP contribution >= 0.6 is 28.6 Å². The van der Waals surface area contributed by atoms with Crippen LogP contribution in [0.5, 0.6) is 0 Å². The fourth-order valence-electron chi connectivity index (χ4n) is 1.92. The van der Waals surface area contributed by atoms with Crippen LogP contribution in [0.15, 0.2) is 16.6 Å². The lowest BCUT2D eigenvalue weighted by atomic mass is 10.1. The van der Waals surface area contributed by atoms with Crippen LogP contribution in [0.1, 0.15) is 6.42 Å². The first-order valence-corrected chi connectivity index (χ1v) is 6.61.